The van der Waals surface area contributed by atoms with Crippen LogP contribution in [0.25, 0.3) is 11.0 Å². The SMILES string of the molecule is N#Cc1cccnc1N1[C@@H]2CC[C@H]1C[C@H](Nc1c(C(N)=O)cnc3[nH]ccc13)C2. The van der Waals surface area contributed by atoms with Crippen LogP contribution >= 0.6 is 0 Å². The number of nitrogens with two attached hydrogens (primary N) is 1. The largest absolute Gasteiger partial charge is 0.381 e. The number of aromatic nitrogens is 3. The van der Waals surface area contributed by atoms with E-state index in [1.54, 1.807) is 12.3 Å². The Morgan fingerprint density at radius 3 is 2.79 bits per heavy atom. The number of aromatic amines is 1. The Bertz CT molecular complexity index is 1120. The van der Waals surface area contributed by atoms with Crippen LogP contribution in [0.3, 0.4) is 0 Å². The van der Waals surface area contributed by atoms with Crippen LogP contribution in [0.15, 0.2) is 36.8 Å². The molecule has 4 N–H and O–H groups in total. The number of amides is 1. The topological polar surface area (TPSA) is 124 Å². The fourth-order valence-corrected chi connectivity index (χ4v) is 4.89. The number of piperidine rings is 1. The molecule has 0 spiro atoms. The number of fused-ring (bicyclic) bond motifs is 3. The van der Waals surface area contributed by atoms with Gasteiger partial charge in [-0.3, -0.25) is 4.79 Å². The molecule has 0 unspecified atom stereocenters. The third-order valence-electron chi connectivity index (χ3n) is 6.09. The number of anilines is 2. The minimum absolute atomic E-state index is 0.205. The molecule has 0 aliphatic carbocycles. The second-order valence-corrected chi connectivity index (χ2v) is 7.74. The molecule has 0 radical (unpaired) electrons. The van der Waals surface area contributed by atoms with E-state index in [0.717, 1.165) is 48.2 Å². The molecule has 8 heteroatoms. The third kappa shape index (κ3) is 2.86. The molecule has 5 rings (SSSR count). The molecule has 1 amide bonds. The van der Waals surface area contributed by atoms with Gasteiger partial charge in [-0.05, 0) is 43.9 Å². The average molecular weight is 387 g/mol. The highest BCUT2D eigenvalue weighted by Crippen LogP contribution is 2.41. The van der Waals surface area contributed by atoms with Gasteiger partial charge in [0.2, 0.25) is 0 Å². The van der Waals surface area contributed by atoms with Crippen LogP contribution in [0.4, 0.5) is 11.5 Å². The summed E-state index contributed by atoms with van der Waals surface area (Å²) in [7, 11) is 0. The van der Waals surface area contributed by atoms with E-state index in [9.17, 15) is 10.1 Å². The maximum absolute atomic E-state index is 12.0. The Balaban J connectivity index is 1.44. The van der Waals surface area contributed by atoms with Crippen LogP contribution in [0.1, 0.15) is 41.6 Å². The maximum atomic E-state index is 12.0. The number of nitriles is 1. The molecule has 2 bridgehead atoms. The molecular formula is C21H21N7O. The zero-order valence-electron chi connectivity index (χ0n) is 15.8. The molecule has 3 aromatic heterocycles. The summed E-state index contributed by atoms with van der Waals surface area (Å²) in [5.74, 6) is 0.298. The molecule has 0 saturated carbocycles. The summed E-state index contributed by atoms with van der Waals surface area (Å²) in [6.45, 7) is 0. The second-order valence-electron chi connectivity index (χ2n) is 7.74. The molecule has 2 aliphatic heterocycles. The molecule has 29 heavy (non-hydrogen) atoms. The van der Waals surface area contributed by atoms with Crippen molar-refractivity contribution in [3.63, 3.8) is 0 Å². The van der Waals surface area contributed by atoms with Gasteiger partial charge in [-0.25, -0.2) is 9.97 Å². The highest BCUT2D eigenvalue weighted by molar-refractivity contribution is 6.06. The molecular weight excluding hydrogens is 366 g/mol. The molecule has 0 aromatic carbocycles. The number of nitrogens with one attached hydrogen (secondary N) is 2. The van der Waals surface area contributed by atoms with Crippen molar-refractivity contribution >= 4 is 28.4 Å². The summed E-state index contributed by atoms with van der Waals surface area (Å²) in [6.07, 6.45) is 9.05. The van der Waals surface area contributed by atoms with Crippen molar-refractivity contribution in [3.05, 3.63) is 47.9 Å². The van der Waals surface area contributed by atoms with E-state index >= 15 is 0 Å². The highest BCUT2D eigenvalue weighted by Gasteiger charge is 2.42. The van der Waals surface area contributed by atoms with Gasteiger partial charge in [-0.2, -0.15) is 5.26 Å². The Hall–Kier alpha value is -3.60. The number of hydrogen-bond donors (Lipinski definition) is 3. The summed E-state index contributed by atoms with van der Waals surface area (Å²) in [4.78, 5) is 26.2. The quantitative estimate of drug-likeness (QED) is 0.632. The van der Waals surface area contributed by atoms with E-state index in [2.05, 4.69) is 31.2 Å². The summed E-state index contributed by atoms with van der Waals surface area (Å²) < 4.78 is 0. The summed E-state index contributed by atoms with van der Waals surface area (Å²) in [5, 5.41) is 13.9. The van der Waals surface area contributed by atoms with Gasteiger partial charge in [0.05, 0.1) is 16.8 Å². The fraction of sp³-hybridized carbons (Fsp3) is 0.333. The average Bonchev–Trinajstić information content (AvgIpc) is 3.30. The lowest BCUT2D eigenvalue weighted by molar-refractivity contribution is 0.100. The van der Waals surface area contributed by atoms with E-state index in [0.29, 0.717) is 23.2 Å². The first-order valence-corrected chi connectivity index (χ1v) is 9.81. The van der Waals surface area contributed by atoms with Gasteiger partial charge in [0, 0.05) is 42.1 Å². The van der Waals surface area contributed by atoms with Gasteiger partial charge in [-0.1, -0.05) is 0 Å². The predicted molar refractivity (Wildman–Crippen MR) is 109 cm³/mol. The van der Waals surface area contributed by atoms with Gasteiger partial charge in [0.25, 0.3) is 5.91 Å². The number of pyridine rings is 2. The monoisotopic (exact) mass is 387 g/mol. The van der Waals surface area contributed by atoms with Gasteiger partial charge >= 0.3 is 0 Å². The van der Waals surface area contributed by atoms with E-state index in [1.165, 1.54) is 6.20 Å². The Morgan fingerprint density at radius 2 is 2.07 bits per heavy atom. The van der Waals surface area contributed by atoms with Crippen molar-refractivity contribution in [2.45, 2.75) is 43.8 Å². The Morgan fingerprint density at radius 1 is 1.28 bits per heavy atom. The van der Waals surface area contributed by atoms with E-state index in [1.807, 2.05) is 18.3 Å². The minimum atomic E-state index is -0.490. The van der Waals surface area contributed by atoms with E-state index in [4.69, 9.17) is 5.73 Å². The number of rotatable bonds is 4. The maximum Gasteiger partial charge on any atom is 0.252 e. The first-order chi connectivity index (χ1) is 14.2. The number of nitrogens with zero attached hydrogens (tertiary/aromatic N) is 4. The third-order valence-corrected chi connectivity index (χ3v) is 6.09. The van der Waals surface area contributed by atoms with E-state index in [-0.39, 0.29) is 6.04 Å². The summed E-state index contributed by atoms with van der Waals surface area (Å²) in [5.41, 5.74) is 8.10. The molecule has 146 valence electrons. The van der Waals surface area contributed by atoms with Crippen LogP contribution in [0.2, 0.25) is 0 Å². The van der Waals surface area contributed by atoms with Crippen molar-refractivity contribution in [2.24, 2.45) is 5.73 Å². The van der Waals surface area contributed by atoms with Gasteiger partial charge in [-0.15, -0.1) is 0 Å². The summed E-state index contributed by atoms with van der Waals surface area (Å²) in [6, 6.07) is 8.64. The number of hydrogen-bond acceptors (Lipinski definition) is 6. The molecule has 5 heterocycles. The lowest BCUT2D eigenvalue weighted by atomic mass is 9.96. The number of carbonyl (C=O) groups excluding carboxylic acids is 1. The van der Waals surface area contributed by atoms with Crippen molar-refractivity contribution in [1.29, 1.82) is 5.26 Å². The van der Waals surface area contributed by atoms with E-state index < -0.39 is 5.91 Å². The van der Waals surface area contributed by atoms with Crippen LogP contribution in [-0.2, 0) is 0 Å². The molecule has 8 nitrogen and oxygen atoms in total. The number of H-pyrrole nitrogens is 1. The zero-order valence-corrected chi connectivity index (χ0v) is 15.8. The van der Waals surface area contributed by atoms with Crippen molar-refractivity contribution in [3.8, 4) is 6.07 Å². The first kappa shape index (κ1) is 17.5. The lowest BCUT2D eigenvalue weighted by Gasteiger charge is -2.40. The number of primary amides is 1. The molecule has 2 aliphatic rings. The van der Waals surface area contributed by atoms with Crippen LogP contribution in [0.5, 0.6) is 0 Å². The minimum Gasteiger partial charge on any atom is -0.381 e. The lowest BCUT2D eigenvalue weighted by Crippen LogP contribution is -2.47. The summed E-state index contributed by atoms with van der Waals surface area (Å²) >= 11 is 0. The predicted octanol–water partition coefficient (Wildman–Crippen LogP) is 2.54. The van der Waals surface area contributed by atoms with Crippen molar-refractivity contribution in [1.82, 2.24) is 15.0 Å². The molecule has 3 aromatic rings. The van der Waals surface area contributed by atoms with Crippen molar-refractivity contribution in [2.75, 3.05) is 10.2 Å². The van der Waals surface area contributed by atoms with Gasteiger partial charge in [0.1, 0.15) is 17.5 Å². The smallest absolute Gasteiger partial charge is 0.252 e. The van der Waals surface area contributed by atoms with Crippen LogP contribution < -0.4 is 16.0 Å². The van der Waals surface area contributed by atoms with Crippen LogP contribution in [0, 0.1) is 11.3 Å². The number of carbonyl (C=O) groups is 1. The van der Waals surface area contributed by atoms with Crippen molar-refractivity contribution < 1.29 is 4.79 Å². The fourth-order valence-electron chi connectivity index (χ4n) is 4.89. The van der Waals surface area contributed by atoms with Gasteiger partial charge in [0.15, 0.2) is 0 Å². The first-order valence-electron chi connectivity index (χ1n) is 9.81. The standard InChI is InChI=1S/C21H21N7O/c22-10-12-2-1-6-25-21(12)28-14-3-4-15(28)9-13(8-14)27-18-16-5-7-24-20(16)26-11-17(18)19(23)29/h1-2,5-7,11,13-15H,3-4,8-9H2,(H2,23,29)(H2,24,26,27)/t13-,14-,15+. The Labute approximate surface area is 167 Å². The molecule has 2 saturated heterocycles. The Kier molecular flexibility index (Phi) is 4.09. The molecule has 2 fully saturated rings. The molecule has 3 atom stereocenters. The highest BCUT2D eigenvalue weighted by atomic mass is 16.1. The second kappa shape index (κ2) is 6.78. The van der Waals surface area contributed by atoms with Crippen LogP contribution in [-0.4, -0.2) is 39.0 Å². The van der Waals surface area contributed by atoms with Gasteiger partial charge < -0.3 is 20.9 Å². The normalized spacial score (nSPS) is 23.1. The zero-order chi connectivity index (χ0) is 20.0.